The van der Waals surface area contributed by atoms with Crippen molar-refractivity contribution in [2.24, 2.45) is 0 Å². The molecule has 0 radical (unpaired) electrons. The number of hydrogen-bond donors (Lipinski definition) is 1. The number of nitro groups is 1. The second-order valence-electron chi connectivity index (χ2n) is 6.05. The second kappa shape index (κ2) is 5.97. The van der Waals surface area contributed by atoms with E-state index in [0.717, 1.165) is 18.9 Å². The van der Waals surface area contributed by atoms with E-state index in [-0.39, 0.29) is 10.6 Å². The van der Waals surface area contributed by atoms with E-state index in [2.05, 4.69) is 15.2 Å². The molecule has 114 valence electrons. The number of aromatic nitrogens is 1. The molecule has 3 heterocycles. The molecule has 3 rings (SSSR count). The first-order chi connectivity index (χ1) is 10.2. The predicted octanol–water partition coefficient (Wildman–Crippen LogP) is 2.41. The Morgan fingerprint density at radius 1 is 1.38 bits per heavy atom. The number of nitrogens with zero attached hydrogens (tertiary/aromatic N) is 3. The van der Waals surface area contributed by atoms with Crippen LogP contribution in [0.5, 0.6) is 0 Å². The highest BCUT2D eigenvalue weighted by atomic mass is 16.6. The van der Waals surface area contributed by atoms with Gasteiger partial charge in [0.2, 0.25) is 0 Å². The zero-order chi connectivity index (χ0) is 14.8. The second-order valence-corrected chi connectivity index (χ2v) is 6.05. The van der Waals surface area contributed by atoms with Crippen LogP contribution in [0, 0.1) is 17.0 Å². The first-order valence-corrected chi connectivity index (χ1v) is 7.78. The Morgan fingerprint density at radius 3 is 2.90 bits per heavy atom. The Kier molecular flexibility index (Phi) is 4.05. The van der Waals surface area contributed by atoms with Crippen molar-refractivity contribution in [1.29, 1.82) is 0 Å². The maximum atomic E-state index is 10.9. The number of pyridine rings is 1. The highest BCUT2D eigenvalue weighted by molar-refractivity contribution is 5.49. The maximum Gasteiger partial charge on any atom is 0.290 e. The zero-order valence-electron chi connectivity index (χ0n) is 12.4. The van der Waals surface area contributed by atoms with Crippen LogP contribution in [0.25, 0.3) is 0 Å². The highest BCUT2D eigenvalue weighted by Gasteiger charge is 2.32. The van der Waals surface area contributed by atoms with Gasteiger partial charge in [0.05, 0.1) is 4.92 Å². The number of aryl methyl sites for hydroxylation is 1. The molecule has 0 amide bonds. The Balaban J connectivity index is 1.85. The lowest BCUT2D eigenvalue weighted by molar-refractivity contribution is -0.385. The number of hydrogen-bond acceptors (Lipinski definition) is 5. The van der Waals surface area contributed by atoms with Crippen molar-refractivity contribution in [3.8, 4) is 0 Å². The Labute approximate surface area is 124 Å². The van der Waals surface area contributed by atoms with Crippen LogP contribution in [0.3, 0.4) is 0 Å². The van der Waals surface area contributed by atoms with Gasteiger partial charge in [-0.15, -0.1) is 0 Å². The van der Waals surface area contributed by atoms with Crippen LogP contribution in [-0.4, -0.2) is 35.1 Å². The Bertz CT molecular complexity index is 528. The molecule has 2 unspecified atom stereocenters. The molecule has 2 aliphatic rings. The van der Waals surface area contributed by atoms with Gasteiger partial charge in [-0.05, 0) is 51.6 Å². The average molecular weight is 290 g/mol. The van der Waals surface area contributed by atoms with E-state index in [4.69, 9.17) is 0 Å². The Morgan fingerprint density at radius 2 is 2.24 bits per heavy atom. The Hall–Kier alpha value is -1.69. The molecule has 0 saturated carbocycles. The molecule has 0 spiro atoms. The number of rotatable bonds is 3. The van der Waals surface area contributed by atoms with E-state index in [0.29, 0.717) is 17.6 Å². The summed E-state index contributed by atoms with van der Waals surface area (Å²) in [5.74, 6) is 0.886. The van der Waals surface area contributed by atoms with Crippen LogP contribution in [0.4, 0.5) is 11.5 Å². The molecule has 6 heteroatoms. The van der Waals surface area contributed by atoms with Crippen molar-refractivity contribution in [3.05, 3.63) is 27.9 Å². The summed E-state index contributed by atoms with van der Waals surface area (Å²) in [6, 6.07) is 2.86. The van der Waals surface area contributed by atoms with Gasteiger partial charge >= 0.3 is 0 Å². The SMILES string of the molecule is Cc1cc(N2CCCCC2C2CCCN2)ncc1[N+](=O)[O-]. The van der Waals surface area contributed by atoms with Crippen LogP contribution in [0.2, 0.25) is 0 Å². The summed E-state index contributed by atoms with van der Waals surface area (Å²) in [4.78, 5) is 17.3. The van der Waals surface area contributed by atoms with Crippen LogP contribution >= 0.6 is 0 Å². The first kappa shape index (κ1) is 14.3. The molecule has 0 aromatic carbocycles. The molecule has 2 aliphatic heterocycles. The number of nitrogens with one attached hydrogen (secondary N) is 1. The first-order valence-electron chi connectivity index (χ1n) is 7.78. The molecule has 1 aromatic heterocycles. The van der Waals surface area contributed by atoms with E-state index in [1.165, 1.54) is 38.3 Å². The third kappa shape index (κ3) is 2.85. The molecule has 21 heavy (non-hydrogen) atoms. The fraction of sp³-hybridized carbons (Fsp3) is 0.667. The van der Waals surface area contributed by atoms with E-state index < -0.39 is 0 Å². The minimum absolute atomic E-state index is 0.103. The van der Waals surface area contributed by atoms with Crippen LogP contribution in [0.15, 0.2) is 12.3 Å². The van der Waals surface area contributed by atoms with E-state index in [1.54, 1.807) is 6.92 Å². The summed E-state index contributed by atoms with van der Waals surface area (Å²) in [6.45, 7) is 3.88. The van der Waals surface area contributed by atoms with Crippen molar-refractivity contribution >= 4 is 11.5 Å². The van der Waals surface area contributed by atoms with Crippen LogP contribution < -0.4 is 10.2 Å². The van der Waals surface area contributed by atoms with Gasteiger partial charge in [0.15, 0.2) is 0 Å². The molecule has 6 nitrogen and oxygen atoms in total. The van der Waals surface area contributed by atoms with Gasteiger partial charge in [-0.25, -0.2) is 4.98 Å². The molecule has 2 fully saturated rings. The van der Waals surface area contributed by atoms with Gasteiger partial charge in [-0.3, -0.25) is 10.1 Å². The molecule has 2 atom stereocenters. The molecule has 0 aliphatic carbocycles. The molecular formula is C15H22N4O2. The van der Waals surface area contributed by atoms with E-state index in [1.807, 2.05) is 6.07 Å². The lowest BCUT2D eigenvalue weighted by Crippen LogP contribution is -2.50. The predicted molar refractivity (Wildman–Crippen MR) is 81.6 cm³/mol. The summed E-state index contributed by atoms with van der Waals surface area (Å²) in [5, 5.41) is 14.5. The van der Waals surface area contributed by atoms with Crippen molar-refractivity contribution in [1.82, 2.24) is 10.3 Å². The third-order valence-corrected chi connectivity index (χ3v) is 4.67. The lowest BCUT2D eigenvalue weighted by Gasteiger charge is -2.40. The fourth-order valence-electron chi connectivity index (χ4n) is 3.58. The summed E-state index contributed by atoms with van der Waals surface area (Å²) in [7, 11) is 0. The zero-order valence-corrected chi connectivity index (χ0v) is 12.4. The molecule has 1 N–H and O–H groups in total. The normalized spacial score (nSPS) is 26.0. The molecular weight excluding hydrogens is 268 g/mol. The van der Waals surface area contributed by atoms with Crippen LogP contribution in [0.1, 0.15) is 37.7 Å². The number of anilines is 1. The van der Waals surface area contributed by atoms with E-state index in [9.17, 15) is 10.1 Å². The monoisotopic (exact) mass is 290 g/mol. The van der Waals surface area contributed by atoms with Crippen molar-refractivity contribution in [3.63, 3.8) is 0 Å². The van der Waals surface area contributed by atoms with Crippen molar-refractivity contribution in [2.45, 2.75) is 51.1 Å². The smallest absolute Gasteiger partial charge is 0.290 e. The van der Waals surface area contributed by atoms with Crippen molar-refractivity contribution < 1.29 is 4.92 Å². The topological polar surface area (TPSA) is 71.3 Å². The number of piperidine rings is 1. The van der Waals surface area contributed by atoms with Gasteiger partial charge in [0.25, 0.3) is 5.69 Å². The lowest BCUT2D eigenvalue weighted by atomic mass is 9.94. The van der Waals surface area contributed by atoms with Gasteiger partial charge in [-0.2, -0.15) is 0 Å². The van der Waals surface area contributed by atoms with Gasteiger partial charge in [-0.1, -0.05) is 0 Å². The highest BCUT2D eigenvalue weighted by Crippen LogP contribution is 2.30. The van der Waals surface area contributed by atoms with Crippen molar-refractivity contribution in [2.75, 3.05) is 18.0 Å². The summed E-state index contributed by atoms with van der Waals surface area (Å²) in [6.07, 6.45) is 7.45. The van der Waals surface area contributed by atoms with Crippen LogP contribution in [-0.2, 0) is 0 Å². The summed E-state index contributed by atoms with van der Waals surface area (Å²) >= 11 is 0. The third-order valence-electron chi connectivity index (χ3n) is 4.67. The maximum absolute atomic E-state index is 10.9. The summed E-state index contributed by atoms with van der Waals surface area (Å²) < 4.78 is 0. The standard InChI is InChI=1S/C15H22N4O2/c1-11-9-15(17-10-14(11)19(20)21)18-8-3-2-6-13(18)12-5-4-7-16-12/h9-10,12-13,16H,2-8H2,1H3. The average Bonchev–Trinajstić information content (AvgIpc) is 3.01. The fourth-order valence-corrected chi connectivity index (χ4v) is 3.58. The largest absolute Gasteiger partial charge is 0.352 e. The summed E-state index contributed by atoms with van der Waals surface area (Å²) in [5.41, 5.74) is 0.792. The van der Waals surface area contributed by atoms with Gasteiger partial charge in [0, 0.05) is 24.2 Å². The van der Waals surface area contributed by atoms with Gasteiger partial charge < -0.3 is 10.2 Å². The molecule has 0 bridgehead atoms. The van der Waals surface area contributed by atoms with E-state index >= 15 is 0 Å². The quantitative estimate of drug-likeness (QED) is 0.683. The van der Waals surface area contributed by atoms with Gasteiger partial charge in [0.1, 0.15) is 12.0 Å². The molecule has 2 saturated heterocycles. The minimum atomic E-state index is -0.363. The molecule has 1 aromatic rings. The minimum Gasteiger partial charge on any atom is -0.352 e.